The van der Waals surface area contributed by atoms with Crippen LogP contribution in [0.2, 0.25) is 0 Å². The molecule has 0 heterocycles. The Morgan fingerprint density at radius 2 is 1.85 bits per heavy atom. The van der Waals surface area contributed by atoms with Gasteiger partial charge in [0.2, 0.25) is 0 Å². The van der Waals surface area contributed by atoms with Crippen LogP contribution < -0.4 is 0 Å². The van der Waals surface area contributed by atoms with Gasteiger partial charge in [0.1, 0.15) is 0 Å². The fourth-order valence-corrected chi connectivity index (χ4v) is 3.81. The normalized spacial score (nSPS) is 27.0. The van der Waals surface area contributed by atoms with Crippen LogP contribution in [0, 0.1) is 11.8 Å². The molecule has 1 aliphatic rings. The molecule has 1 saturated carbocycles. The van der Waals surface area contributed by atoms with Gasteiger partial charge in [-0.15, -0.1) is 0 Å². The molecule has 1 rings (SSSR count). The van der Waals surface area contributed by atoms with Crippen molar-refractivity contribution in [2.24, 2.45) is 11.8 Å². The summed E-state index contributed by atoms with van der Waals surface area (Å²) in [7, 11) is 0. The van der Waals surface area contributed by atoms with Gasteiger partial charge in [0.25, 0.3) is 0 Å². The molecule has 0 saturated heterocycles. The number of aliphatic hydroxyl groups is 3. The summed E-state index contributed by atoms with van der Waals surface area (Å²) in [6, 6.07) is 0. The minimum absolute atomic E-state index is 0.0298. The Labute approximate surface area is 163 Å². The topological polar surface area (TPSA) is 98.0 Å². The summed E-state index contributed by atoms with van der Waals surface area (Å²) in [5.41, 5.74) is 0. The summed E-state index contributed by atoms with van der Waals surface area (Å²) in [4.78, 5) is 10.5. The molecular weight excluding hydrogens is 344 g/mol. The number of aliphatic carboxylic acids is 1. The zero-order valence-electron chi connectivity index (χ0n) is 16.7. The van der Waals surface area contributed by atoms with Gasteiger partial charge in [-0.05, 0) is 38.0 Å². The number of unbranched alkanes of at least 4 members (excludes halogenated alkanes) is 5. The van der Waals surface area contributed by atoms with Crippen LogP contribution in [0.15, 0.2) is 24.3 Å². The lowest BCUT2D eigenvalue weighted by Gasteiger charge is -2.21. The van der Waals surface area contributed by atoms with Crippen molar-refractivity contribution in [2.75, 3.05) is 0 Å². The Morgan fingerprint density at radius 1 is 1.07 bits per heavy atom. The van der Waals surface area contributed by atoms with Crippen molar-refractivity contribution >= 4 is 5.97 Å². The molecule has 1 fully saturated rings. The summed E-state index contributed by atoms with van der Waals surface area (Å²) in [6.45, 7) is 2.18. The Balaban J connectivity index is 2.39. The zero-order valence-corrected chi connectivity index (χ0v) is 16.7. The molecule has 0 aromatic heterocycles. The van der Waals surface area contributed by atoms with Gasteiger partial charge in [-0.25, -0.2) is 0 Å². The quantitative estimate of drug-likeness (QED) is 0.270. The van der Waals surface area contributed by atoms with Crippen LogP contribution in [-0.4, -0.2) is 44.7 Å². The van der Waals surface area contributed by atoms with E-state index in [1.54, 1.807) is 6.08 Å². The third kappa shape index (κ3) is 10.1. The van der Waals surface area contributed by atoms with E-state index in [4.69, 9.17) is 5.11 Å². The Morgan fingerprint density at radius 3 is 2.56 bits per heavy atom. The average molecular weight is 383 g/mol. The third-order valence-corrected chi connectivity index (χ3v) is 5.42. The summed E-state index contributed by atoms with van der Waals surface area (Å²) in [5, 5.41) is 39.2. The average Bonchev–Trinajstić information content (AvgIpc) is 2.88. The lowest BCUT2D eigenvalue weighted by Crippen LogP contribution is -2.21. The van der Waals surface area contributed by atoms with Crippen LogP contribution in [0.25, 0.3) is 0 Å². The maximum atomic E-state index is 10.5. The molecule has 0 radical (unpaired) electrons. The predicted octanol–water partition coefficient (Wildman–Crippen LogP) is 3.82. The van der Waals surface area contributed by atoms with Crippen LogP contribution in [-0.2, 0) is 4.79 Å². The molecule has 27 heavy (non-hydrogen) atoms. The molecule has 5 nitrogen and oxygen atoms in total. The third-order valence-electron chi connectivity index (χ3n) is 5.42. The van der Waals surface area contributed by atoms with Gasteiger partial charge in [0, 0.05) is 18.8 Å². The van der Waals surface area contributed by atoms with Crippen molar-refractivity contribution in [3.8, 4) is 0 Å². The van der Waals surface area contributed by atoms with Crippen LogP contribution in [0.1, 0.15) is 77.6 Å². The van der Waals surface area contributed by atoms with E-state index in [1.807, 2.05) is 12.2 Å². The van der Waals surface area contributed by atoms with Crippen LogP contribution in [0.5, 0.6) is 0 Å². The number of carbonyl (C=O) groups is 1. The summed E-state index contributed by atoms with van der Waals surface area (Å²) in [5.74, 6) is -0.957. The number of carboxylic acids is 1. The van der Waals surface area contributed by atoms with E-state index in [0.717, 1.165) is 25.7 Å². The van der Waals surface area contributed by atoms with Crippen molar-refractivity contribution in [3.05, 3.63) is 24.3 Å². The van der Waals surface area contributed by atoms with Gasteiger partial charge in [-0.2, -0.15) is 0 Å². The lowest BCUT2D eigenvalue weighted by atomic mass is 9.88. The van der Waals surface area contributed by atoms with Crippen molar-refractivity contribution in [1.29, 1.82) is 0 Å². The second-order valence-electron chi connectivity index (χ2n) is 7.76. The second kappa shape index (κ2) is 13.9. The van der Waals surface area contributed by atoms with Gasteiger partial charge in [0.15, 0.2) is 0 Å². The van der Waals surface area contributed by atoms with Gasteiger partial charge in [-0.1, -0.05) is 56.9 Å². The number of hydrogen-bond donors (Lipinski definition) is 4. The maximum absolute atomic E-state index is 10.5. The van der Waals surface area contributed by atoms with Crippen LogP contribution in [0.3, 0.4) is 0 Å². The Hall–Kier alpha value is -1.17. The van der Waals surface area contributed by atoms with E-state index in [1.165, 1.54) is 19.3 Å². The van der Waals surface area contributed by atoms with Crippen LogP contribution in [0.4, 0.5) is 0 Å². The van der Waals surface area contributed by atoms with E-state index in [9.17, 15) is 20.1 Å². The Bertz CT molecular complexity index is 460. The molecule has 0 unspecified atom stereocenters. The smallest absolute Gasteiger partial charge is 0.303 e. The molecule has 0 aliphatic heterocycles. The lowest BCUT2D eigenvalue weighted by molar-refractivity contribution is -0.137. The first-order valence-electron chi connectivity index (χ1n) is 10.5. The van der Waals surface area contributed by atoms with E-state index < -0.39 is 24.3 Å². The number of allylic oxidation sites excluding steroid dienone is 1. The molecule has 4 N–H and O–H groups in total. The van der Waals surface area contributed by atoms with E-state index in [2.05, 4.69) is 13.0 Å². The summed E-state index contributed by atoms with van der Waals surface area (Å²) in [6.07, 6.45) is 14.8. The fourth-order valence-electron chi connectivity index (χ4n) is 3.81. The molecule has 5 heteroatoms. The molecule has 0 amide bonds. The molecule has 5 atom stereocenters. The van der Waals surface area contributed by atoms with Crippen molar-refractivity contribution in [1.82, 2.24) is 0 Å². The molecule has 1 aliphatic carbocycles. The highest BCUT2D eigenvalue weighted by molar-refractivity contribution is 5.66. The minimum atomic E-state index is -0.777. The summed E-state index contributed by atoms with van der Waals surface area (Å²) < 4.78 is 0. The maximum Gasteiger partial charge on any atom is 0.303 e. The van der Waals surface area contributed by atoms with Gasteiger partial charge < -0.3 is 20.4 Å². The van der Waals surface area contributed by atoms with Crippen molar-refractivity contribution in [3.63, 3.8) is 0 Å². The van der Waals surface area contributed by atoms with Crippen molar-refractivity contribution < 1.29 is 25.2 Å². The van der Waals surface area contributed by atoms with Gasteiger partial charge in [0.05, 0.1) is 18.3 Å². The highest BCUT2D eigenvalue weighted by Gasteiger charge is 2.39. The first-order valence-corrected chi connectivity index (χ1v) is 10.5. The first kappa shape index (κ1) is 23.9. The predicted molar refractivity (Wildman–Crippen MR) is 107 cm³/mol. The number of hydrogen-bond acceptors (Lipinski definition) is 4. The van der Waals surface area contributed by atoms with E-state index >= 15 is 0 Å². The first-order chi connectivity index (χ1) is 13.0. The Kier molecular flexibility index (Phi) is 12.3. The molecule has 0 aromatic carbocycles. The highest BCUT2D eigenvalue weighted by atomic mass is 16.4. The second-order valence-corrected chi connectivity index (χ2v) is 7.76. The monoisotopic (exact) mass is 382 g/mol. The number of aliphatic hydroxyl groups excluding tert-OH is 3. The van der Waals surface area contributed by atoms with E-state index in [0.29, 0.717) is 19.3 Å². The molecule has 0 spiro atoms. The van der Waals surface area contributed by atoms with Crippen molar-refractivity contribution in [2.45, 2.75) is 95.9 Å². The number of rotatable bonds is 14. The van der Waals surface area contributed by atoms with E-state index in [-0.39, 0.29) is 18.3 Å². The van der Waals surface area contributed by atoms with Crippen LogP contribution >= 0.6 is 0 Å². The molecular formula is C22H38O5. The van der Waals surface area contributed by atoms with Gasteiger partial charge in [-0.3, -0.25) is 4.79 Å². The number of carboxylic acid groups (broad SMARTS) is 1. The summed E-state index contributed by atoms with van der Waals surface area (Å²) >= 11 is 0. The minimum Gasteiger partial charge on any atom is -0.481 e. The standard InChI is InChI=1S/C22H38O5/c1-2-3-4-5-6-8-11-17(23)14-15-19-18(20(24)16-21(19)25)12-9-7-10-13-22(26)27/h6,8,14-15,17-21,23-25H,2-5,7,9-13,16H2,1H3,(H,26,27)/b8-6-,15-14+/t17-,18+,19+,20+,21-/m1/s1. The SMILES string of the molecule is CCCCC/C=C\C[C@@H](O)/C=C/[C@H]1[C@H](CCCCCC(=O)O)[C@@H](O)C[C@H]1O. The fraction of sp³-hybridized carbons (Fsp3) is 0.773. The van der Waals surface area contributed by atoms with Gasteiger partial charge >= 0.3 is 5.97 Å². The molecule has 156 valence electrons. The largest absolute Gasteiger partial charge is 0.481 e. The molecule has 0 aromatic rings. The zero-order chi connectivity index (χ0) is 20.1. The molecule has 0 bridgehead atoms. The highest BCUT2D eigenvalue weighted by Crippen LogP contribution is 2.37.